The Morgan fingerprint density at radius 2 is 2.22 bits per heavy atom. The number of nitriles is 1. The largest absolute Gasteiger partial charge is 0.478 e. The molecule has 0 fully saturated rings. The summed E-state index contributed by atoms with van der Waals surface area (Å²) < 4.78 is 1.55. The van der Waals surface area contributed by atoms with Crippen LogP contribution < -0.4 is 0 Å². The van der Waals surface area contributed by atoms with Crippen LogP contribution in [0.15, 0.2) is 30.3 Å². The number of rotatable bonds is 3. The van der Waals surface area contributed by atoms with E-state index in [0.29, 0.717) is 6.42 Å². The first-order valence-corrected chi connectivity index (χ1v) is 5.62. The van der Waals surface area contributed by atoms with Crippen molar-refractivity contribution >= 4 is 22.9 Å². The molecule has 0 spiro atoms. The van der Waals surface area contributed by atoms with Gasteiger partial charge in [0.1, 0.15) is 0 Å². The van der Waals surface area contributed by atoms with Gasteiger partial charge < -0.3 is 5.11 Å². The predicted octanol–water partition coefficient (Wildman–Crippen LogP) is 2.63. The van der Waals surface area contributed by atoms with Gasteiger partial charge in [-0.15, -0.1) is 0 Å². The summed E-state index contributed by atoms with van der Waals surface area (Å²) in [6.45, 7) is 1.94. The van der Waals surface area contributed by atoms with E-state index in [4.69, 9.17) is 5.11 Å². The number of carboxylic acids is 1. The van der Waals surface area contributed by atoms with Crippen LogP contribution in [0.4, 0.5) is 0 Å². The van der Waals surface area contributed by atoms with Gasteiger partial charge in [-0.1, -0.05) is 25.1 Å². The average molecular weight is 240 g/mol. The van der Waals surface area contributed by atoms with E-state index in [1.165, 1.54) is 0 Å². The molecule has 0 aliphatic heterocycles. The molecule has 0 aliphatic rings. The van der Waals surface area contributed by atoms with E-state index in [9.17, 15) is 10.1 Å². The lowest BCUT2D eigenvalue weighted by atomic mass is 10.1. The monoisotopic (exact) mass is 240 g/mol. The molecule has 1 aromatic carbocycles. The van der Waals surface area contributed by atoms with Crippen molar-refractivity contribution in [1.29, 1.82) is 5.26 Å². The van der Waals surface area contributed by atoms with Crippen LogP contribution in [0.2, 0.25) is 0 Å². The standard InChI is InChI=1S/C14H12N2O2/c1-2-12-11(7-8-14(17)18)10-5-3-4-6-13(10)16(12)9-15/h3-8H,2H2,1H3,(H,17,18)/b8-7+. The van der Waals surface area contributed by atoms with E-state index in [1.807, 2.05) is 31.2 Å². The minimum Gasteiger partial charge on any atom is -0.478 e. The molecule has 0 saturated carbocycles. The van der Waals surface area contributed by atoms with Crippen LogP contribution in [0.5, 0.6) is 0 Å². The zero-order valence-electron chi connectivity index (χ0n) is 9.92. The van der Waals surface area contributed by atoms with Gasteiger partial charge in [-0.3, -0.25) is 4.57 Å². The molecule has 0 saturated heterocycles. The highest BCUT2D eigenvalue weighted by atomic mass is 16.4. The maximum absolute atomic E-state index is 10.6. The van der Waals surface area contributed by atoms with Crippen LogP contribution in [0.3, 0.4) is 0 Å². The number of para-hydroxylation sites is 1. The quantitative estimate of drug-likeness (QED) is 0.838. The highest BCUT2D eigenvalue weighted by molar-refractivity contribution is 5.95. The number of benzene rings is 1. The molecular weight excluding hydrogens is 228 g/mol. The molecule has 90 valence electrons. The van der Waals surface area contributed by atoms with Gasteiger partial charge in [0.25, 0.3) is 0 Å². The lowest BCUT2D eigenvalue weighted by Crippen LogP contribution is -1.95. The van der Waals surface area contributed by atoms with E-state index in [-0.39, 0.29) is 0 Å². The number of carboxylic acid groups (broad SMARTS) is 1. The Balaban J connectivity index is 2.78. The molecule has 18 heavy (non-hydrogen) atoms. The maximum atomic E-state index is 10.6. The second kappa shape index (κ2) is 4.76. The fraction of sp³-hybridized carbons (Fsp3) is 0.143. The topological polar surface area (TPSA) is 66.0 Å². The Kier molecular flexibility index (Phi) is 3.16. The van der Waals surface area contributed by atoms with Gasteiger partial charge in [-0.25, -0.2) is 4.79 Å². The molecule has 4 heteroatoms. The Bertz CT molecular complexity index is 675. The van der Waals surface area contributed by atoms with Crippen LogP contribution in [0.25, 0.3) is 17.0 Å². The molecule has 0 unspecified atom stereocenters. The summed E-state index contributed by atoms with van der Waals surface area (Å²) >= 11 is 0. The summed E-state index contributed by atoms with van der Waals surface area (Å²) in [5.74, 6) is -0.995. The second-order valence-corrected chi connectivity index (χ2v) is 3.84. The third-order valence-corrected chi connectivity index (χ3v) is 2.84. The molecular formula is C14H12N2O2. The maximum Gasteiger partial charge on any atom is 0.328 e. The van der Waals surface area contributed by atoms with Gasteiger partial charge in [-0.05, 0) is 18.6 Å². The first kappa shape index (κ1) is 11.9. The molecule has 0 atom stereocenters. The first-order chi connectivity index (χ1) is 8.69. The van der Waals surface area contributed by atoms with Crippen molar-refractivity contribution in [3.63, 3.8) is 0 Å². The van der Waals surface area contributed by atoms with Crippen molar-refractivity contribution < 1.29 is 9.90 Å². The van der Waals surface area contributed by atoms with Crippen LogP contribution in [0.1, 0.15) is 18.2 Å². The molecule has 2 aromatic rings. The molecule has 0 amide bonds. The summed E-state index contributed by atoms with van der Waals surface area (Å²) in [7, 11) is 0. The number of aromatic nitrogens is 1. The smallest absolute Gasteiger partial charge is 0.328 e. The van der Waals surface area contributed by atoms with E-state index in [1.54, 1.807) is 10.6 Å². The van der Waals surface area contributed by atoms with Gasteiger partial charge in [0.2, 0.25) is 0 Å². The summed E-state index contributed by atoms with van der Waals surface area (Å²) in [6, 6.07) is 7.49. The third kappa shape index (κ3) is 1.87. The lowest BCUT2D eigenvalue weighted by molar-refractivity contribution is -0.131. The van der Waals surface area contributed by atoms with Crippen LogP contribution in [-0.4, -0.2) is 15.6 Å². The van der Waals surface area contributed by atoms with E-state index >= 15 is 0 Å². The number of nitrogens with zero attached hydrogens (tertiary/aromatic N) is 2. The highest BCUT2D eigenvalue weighted by Crippen LogP contribution is 2.27. The van der Waals surface area contributed by atoms with E-state index < -0.39 is 5.97 Å². The molecule has 1 aromatic heterocycles. The summed E-state index contributed by atoms with van der Waals surface area (Å²) in [6.07, 6.45) is 5.45. The molecule has 2 rings (SSSR count). The van der Waals surface area contributed by atoms with Crippen LogP contribution in [-0.2, 0) is 11.2 Å². The first-order valence-electron chi connectivity index (χ1n) is 5.62. The molecule has 0 bridgehead atoms. The SMILES string of the molecule is CCc1c(/C=C/C(=O)O)c2ccccc2n1C#N. The number of aliphatic carboxylic acids is 1. The van der Waals surface area contributed by atoms with Crippen molar-refractivity contribution in [2.45, 2.75) is 13.3 Å². The summed E-state index contributed by atoms with van der Waals surface area (Å²) in [4.78, 5) is 10.6. The normalized spacial score (nSPS) is 10.9. The van der Waals surface area contributed by atoms with Crippen molar-refractivity contribution in [1.82, 2.24) is 4.57 Å². The molecule has 0 radical (unpaired) electrons. The average Bonchev–Trinajstić information content (AvgIpc) is 2.69. The molecule has 1 N–H and O–H groups in total. The van der Waals surface area contributed by atoms with Gasteiger partial charge in [0, 0.05) is 22.7 Å². The third-order valence-electron chi connectivity index (χ3n) is 2.84. The molecule has 0 aliphatic carbocycles. The van der Waals surface area contributed by atoms with Crippen molar-refractivity contribution in [3.8, 4) is 6.19 Å². The zero-order valence-corrected chi connectivity index (χ0v) is 9.92. The van der Waals surface area contributed by atoms with Gasteiger partial charge >= 0.3 is 5.97 Å². The number of fused-ring (bicyclic) bond motifs is 1. The minimum absolute atomic E-state index is 0.668. The van der Waals surface area contributed by atoms with Gasteiger partial charge in [-0.2, -0.15) is 5.26 Å². The van der Waals surface area contributed by atoms with Crippen LogP contribution >= 0.6 is 0 Å². The second-order valence-electron chi connectivity index (χ2n) is 3.84. The van der Waals surface area contributed by atoms with E-state index in [0.717, 1.165) is 28.2 Å². The fourth-order valence-corrected chi connectivity index (χ4v) is 2.12. The fourth-order valence-electron chi connectivity index (χ4n) is 2.12. The Morgan fingerprint density at radius 3 is 2.83 bits per heavy atom. The molecule has 4 nitrogen and oxygen atoms in total. The van der Waals surface area contributed by atoms with Crippen molar-refractivity contribution in [3.05, 3.63) is 41.6 Å². The summed E-state index contributed by atoms with van der Waals surface area (Å²) in [5, 5.41) is 18.8. The predicted molar refractivity (Wildman–Crippen MR) is 69.0 cm³/mol. The minimum atomic E-state index is -0.995. The number of carbonyl (C=O) groups is 1. The molecule has 1 heterocycles. The van der Waals surface area contributed by atoms with Crippen molar-refractivity contribution in [2.75, 3.05) is 0 Å². The Labute approximate surface area is 104 Å². The Morgan fingerprint density at radius 1 is 1.50 bits per heavy atom. The van der Waals surface area contributed by atoms with Gasteiger partial charge in [0.05, 0.1) is 5.52 Å². The number of hydrogen-bond acceptors (Lipinski definition) is 2. The van der Waals surface area contributed by atoms with Crippen molar-refractivity contribution in [2.24, 2.45) is 0 Å². The van der Waals surface area contributed by atoms with Gasteiger partial charge in [0.15, 0.2) is 6.19 Å². The lowest BCUT2D eigenvalue weighted by Gasteiger charge is -1.98. The van der Waals surface area contributed by atoms with Crippen LogP contribution in [0, 0.1) is 11.5 Å². The zero-order chi connectivity index (χ0) is 13.1. The Hall–Kier alpha value is -2.54. The van der Waals surface area contributed by atoms with E-state index in [2.05, 4.69) is 6.19 Å². The highest BCUT2D eigenvalue weighted by Gasteiger charge is 2.13. The number of hydrogen-bond donors (Lipinski definition) is 1. The summed E-state index contributed by atoms with van der Waals surface area (Å²) in [5.41, 5.74) is 2.44.